The standard InChI is InChI=1S/C24H21F4N5O2/c1-3-9-30-22(34)20-13-16(8-10-29-20)35-15-5-7-21-19(12-15)32-23(33(21)2)31-18-11-14(24(26,27)28)4-6-17(18)25/h4-8,10-13H,3,9H2,1-2H3,(H,30,34)(H,31,32). The topological polar surface area (TPSA) is 81.1 Å². The number of rotatable bonds is 7. The molecule has 2 N–H and O–H groups in total. The third kappa shape index (κ3) is 5.34. The van der Waals surface area contributed by atoms with Gasteiger partial charge in [0.2, 0.25) is 5.95 Å². The first-order valence-electron chi connectivity index (χ1n) is 10.7. The second-order valence-electron chi connectivity index (χ2n) is 7.70. The fourth-order valence-electron chi connectivity index (χ4n) is 3.34. The number of benzene rings is 2. The summed E-state index contributed by atoms with van der Waals surface area (Å²) in [5.41, 5.74) is -0.00257. The van der Waals surface area contributed by atoms with Crippen LogP contribution in [-0.4, -0.2) is 27.0 Å². The van der Waals surface area contributed by atoms with Crippen LogP contribution in [0.25, 0.3) is 11.0 Å². The number of alkyl halides is 3. The molecule has 0 aliphatic carbocycles. The smallest absolute Gasteiger partial charge is 0.416 e. The van der Waals surface area contributed by atoms with Crippen molar-refractivity contribution in [1.29, 1.82) is 0 Å². The molecule has 0 saturated carbocycles. The molecule has 4 rings (SSSR count). The van der Waals surface area contributed by atoms with Gasteiger partial charge in [0.05, 0.1) is 22.3 Å². The van der Waals surface area contributed by atoms with Crippen LogP contribution in [-0.2, 0) is 13.2 Å². The lowest BCUT2D eigenvalue weighted by atomic mass is 10.2. The summed E-state index contributed by atoms with van der Waals surface area (Å²) < 4.78 is 60.7. The minimum atomic E-state index is -4.60. The number of fused-ring (bicyclic) bond motifs is 1. The van der Waals surface area contributed by atoms with Crippen LogP contribution >= 0.6 is 0 Å². The van der Waals surface area contributed by atoms with E-state index in [2.05, 4.69) is 20.6 Å². The van der Waals surface area contributed by atoms with Gasteiger partial charge in [0, 0.05) is 31.9 Å². The Morgan fingerprint density at radius 1 is 1.09 bits per heavy atom. The van der Waals surface area contributed by atoms with Crippen LogP contribution in [0.2, 0.25) is 0 Å². The average Bonchev–Trinajstić information content (AvgIpc) is 3.12. The summed E-state index contributed by atoms with van der Waals surface area (Å²) in [6.07, 6.45) is -2.35. The number of ether oxygens (including phenoxy) is 1. The summed E-state index contributed by atoms with van der Waals surface area (Å²) in [7, 11) is 1.65. The van der Waals surface area contributed by atoms with Crippen molar-refractivity contribution in [2.45, 2.75) is 19.5 Å². The Balaban J connectivity index is 1.58. The summed E-state index contributed by atoms with van der Waals surface area (Å²) in [4.78, 5) is 20.6. The number of anilines is 2. The van der Waals surface area contributed by atoms with E-state index in [-0.39, 0.29) is 23.2 Å². The first kappa shape index (κ1) is 24.0. The molecule has 0 bridgehead atoms. The number of aromatic nitrogens is 3. The number of hydrogen-bond acceptors (Lipinski definition) is 5. The van der Waals surface area contributed by atoms with Crippen molar-refractivity contribution < 1.29 is 27.1 Å². The molecular weight excluding hydrogens is 466 g/mol. The fraction of sp³-hybridized carbons (Fsp3) is 0.208. The van der Waals surface area contributed by atoms with Crippen LogP contribution in [0.1, 0.15) is 29.4 Å². The maximum atomic E-state index is 14.2. The number of carbonyl (C=O) groups is 1. The zero-order valence-corrected chi connectivity index (χ0v) is 18.8. The molecule has 11 heteroatoms. The van der Waals surface area contributed by atoms with Gasteiger partial charge in [-0.05, 0) is 42.8 Å². The summed E-state index contributed by atoms with van der Waals surface area (Å²) in [6, 6.07) is 10.3. The lowest BCUT2D eigenvalue weighted by Gasteiger charge is -2.11. The molecule has 0 aliphatic heterocycles. The predicted octanol–water partition coefficient (Wildman–Crippen LogP) is 5.80. The largest absolute Gasteiger partial charge is 0.457 e. The van der Waals surface area contributed by atoms with Gasteiger partial charge in [0.25, 0.3) is 5.91 Å². The molecule has 0 atom stereocenters. The van der Waals surface area contributed by atoms with E-state index in [4.69, 9.17) is 4.74 Å². The van der Waals surface area contributed by atoms with Crippen molar-refractivity contribution >= 4 is 28.6 Å². The fourth-order valence-corrected chi connectivity index (χ4v) is 3.34. The number of aryl methyl sites for hydroxylation is 1. The van der Waals surface area contributed by atoms with E-state index < -0.39 is 17.6 Å². The molecule has 0 unspecified atom stereocenters. The zero-order valence-electron chi connectivity index (χ0n) is 18.8. The molecule has 0 fully saturated rings. The molecule has 7 nitrogen and oxygen atoms in total. The normalized spacial score (nSPS) is 11.5. The van der Waals surface area contributed by atoms with Gasteiger partial charge >= 0.3 is 6.18 Å². The van der Waals surface area contributed by atoms with Crippen LogP contribution in [0, 0.1) is 5.82 Å². The first-order chi connectivity index (χ1) is 16.7. The number of hydrogen-bond donors (Lipinski definition) is 2. The van der Waals surface area contributed by atoms with E-state index in [9.17, 15) is 22.4 Å². The highest BCUT2D eigenvalue weighted by atomic mass is 19.4. The third-order valence-corrected chi connectivity index (χ3v) is 5.13. The van der Waals surface area contributed by atoms with Gasteiger partial charge < -0.3 is 19.9 Å². The molecule has 0 aliphatic rings. The number of amides is 1. The van der Waals surface area contributed by atoms with Crippen LogP contribution in [0.5, 0.6) is 11.5 Å². The van der Waals surface area contributed by atoms with Crippen molar-refractivity contribution in [3.05, 3.63) is 71.8 Å². The van der Waals surface area contributed by atoms with E-state index in [0.29, 0.717) is 41.2 Å². The minimum absolute atomic E-state index is 0.147. The highest BCUT2D eigenvalue weighted by Gasteiger charge is 2.31. The molecular formula is C24H21F4N5O2. The monoisotopic (exact) mass is 487 g/mol. The lowest BCUT2D eigenvalue weighted by Crippen LogP contribution is -2.24. The number of carbonyl (C=O) groups excluding carboxylic acids is 1. The van der Waals surface area contributed by atoms with Crippen molar-refractivity contribution in [3.8, 4) is 11.5 Å². The predicted molar refractivity (Wildman–Crippen MR) is 122 cm³/mol. The molecule has 0 saturated heterocycles. The van der Waals surface area contributed by atoms with Gasteiger partial charge in [-0.2, -0.15) is 13.2 Å². The Hall–Kier alpha value is -4.15. The summed E-state index contributed by atoms with van der Waals surface area (Å²) in [5, 5.41) is 5.37. The number of nitrogens with zero attached hydrogens (tertiary/aromatic N) is 3. The van der Waals surface area contributed by atoms with Crippen LogP contribution < -0.4 is 15.4 Å². The lowest BCUT2D eigenvalue weighted by molar-refractivity contribution is -0.137. The van der Waals surface area contributed by atoms with Crippen molar-refractivity contribution in [2.24, 2.45) is 7.05 Å². The molecule has 2 aromatic heterocycles. The van der Waals surface area contributed by atoms with Gasteiger partial charge in [-0.3, -0.25) is 9.78 Å². The molecule has 0 spiro atoms. The van der Waals surface area contributed by atoms with E-state index >= 15 is 0 Å². The summed E-state index contributed by atoms with van der Waals surface area (Å²) >= 11 is 0. The van der Waals surface area contributed by atoms with E-state index in [0.717, 1.165) is 12.5 Å². The van der Waals surface area contributed by atoms with Gasteiger partial charge in [0.1, 0.15) is 23.0 Å². The maximum Gasteiger partial charge on any atom is 0.416 e. The molecule has 182 valence electrons. The quantitative estimate of drug-likeness (QED) is 0.322. The van der Waals surface area contributed by atoms with Gasteiger partial charge in [-0.25, -0.2) is 9.37 Å². The number of imidazole rings is 1. The maximum absolute atomic E-state index is 14.2. The molecule has 35 heavy (non-hydrogen) atoms. The average molecular weight is 487 g/mol. The van der Waals surface area contributed by atoms with E-state index in [1.807, 2.05) is 6.92 Å². The molecule has 0 radical (unpaired) electrons. The van der Waals surface area contributed by atoms with Gasteiger partial charge in [-0.1, -0.05) is 6.92 Å². The SMILES string of the molecule is CCCNC(=O)c1cc(Oc2ccc3c(c2)nc(Nc2cc(C(F)(F)F)ccc2F)n3C)ccn1. The van der Waals surface area contributed by atoms with Crippen LogP contribution in [0.3, 0.4) is 0 Å². The highest BCUT2D eigenvalue weighted by molar-refractivity contribution is 5.92. The van der Waals surface area contributed by atoms with E-state index in [1.54, 1.807) is 35.9 Å². The Labute approximate surface area is 197 Å². The van der Waals surface area contributed by atoms with Crippen molar-refractivity contribution in [3.63, 3.8) is 0 Å². The molecule has 2 aromatic carbocycles. The molecule has 4 aromatic rings. The summed E-state index contributed by atoms with van der Waals surface area (Å²) in [6.45, 7) is 2.47. The Kier molecular flexibility index (Phi) is 6.59. The summed E-state index contributed by atoms with van der Waals surface area (Å²) in [5.74, 6) is -0.199. The third-order valence-electron chi connectivity index (χ3n) is 5.13. The highest BCUT2D eigenvalue weighted by Crippen LogP contribution is 2.33. The number of halogens is 4. The Morgan fingerprint density at radius 2 is 1.86 bits per heavy atom. The number of nitrogens with one attached hydrogen (secondary N) is 2. The van der Waals surface area contributed by atoms with Crippen molar-refractivity contribution in [2.75, 3.05) is 11.9 Å². The molecule has 1 amide bonds. The van der Waals surface area contributed by atoms with Crippen molar-refractivity contribution in [1.82, 2.24) is 19.9 Å². The van der Waals surface area contributed by atoms with Gasteiger partial charge in [-0.15, -0.1) is 0 Å². The number of pyridine rings is 1. The second kappa shape index (κ2) is 9.61. The van der Waals surface area contributed by atoms with Crippen LogP contribution in [0.15, 0.2) is 54.7 Å². The van der Waals surface area contributed by atoms with Gasteiger partial charge in [0.15, 0.2) is 0 Å². The minimum Gasteiger partial charge on any atom is -0.457 e. The Bertz CT molecular complexity index is 1380. The zero-order chi connectivity index (χ0) is 25.2. The first-order valence-corrected chi connectivity index (χ1v) is 10.7. The second-order valence-corrected chi connectivity index (χ2v) is 7.70. The Morgan fingerprint density at radius 3 is 2.60 bits per heavy atom. The van der Waals surface area contributed by atoms with E-state index in [1.165, 1.54) is 12.3 Å². The van der Waals surface area contributed by atoms with Crippen LogP contribution in [0.4, 0.5) is 29.2 Å². The molecule has 2 heterocycles.